The number of pyridine rings is 2. The van der Waals surface area contributed by atoms with Crippen LogP contribution >= 0.6 is 12.4 Å². The molecular weight excluding hydrogens is 306 g/mol. The van der Waals surface area contributed by atoms with Crippen LogP contribution in [0.2, 0.25) is 0 Å². The second kappa shape index (κ2) is 6.17. The van der Waals surface area contributed by atoms with Crippen molar-refractivity contribution in [3.63, 3.8) is 0 Å². The lowest BCUT2D eigenvalue weighted by atomic mass is 9.98. The first-order valence-electron chi connectivity index (χ1n) is 7.93. The molecule has 0 spiro atoms. The van der Waals surface area contributed by atoms with Gasteiger partial charge in [-0.15, -0.1) is 12.4 Å². The molecule has 2 N–H and O–H groups in total. The summed E-state index contributed by atoms with van der Waals surface area (Å²) in [7, 11) is 0. The van der Waals surface area contributed by atoms with Gasteiger partial charge in [-0.25, -0.2) is 4.98 Å². The van der Waals surface area contributed by atoms with Gasteiger partial charge >= 0.3 is 0 Å². The van der Waals surface area contributed by atoms with E-state index < -0.39 is 0 Å². The van der Waals surface area contributed by atoms with E-state index >= 15 is 0 Å². The molecule has 0 amide bonds. The lowest BCUT2D eigenvalue weighted by Crippen LogP contribution is -1.99. The third-order valence-electron chi connectivity index (χ3n) is 4.49. The fourth-order valence-corrected chi connectivity index (χ4v) is 3.41. The molecule has 1 aromatic carbocycles. The lowest BCUT2D eigenvalue weighted by molar-refractivity contribution is 0.901. The second-order valence-electron chi connectivity index (χ2n) is 5.91. The quantitative estimate of drug-likeness (QED) is 0.762. The van der Waals surface area contributed by atoms with Crippen LogP contribution in [0.1, 0.15) is 30.3 Å². The van der Waals surface area contributed by atoms with Crippen molar-refractivity contribution in [2.75, 3.05) is 5.73 Å². The third kappa shape index (κ3) is 2.66. The van der Waals surface area contributed by atoms with Gasteiger partial charge in [0.1, 0.15) is 5.82 Å². The number of nitrogens with zero attached hydrogens (tertiary/aromatic N) is 2. The van der Waals surface area contributed by atoms with Crippen molar-refractivity contribution in [3.8, 4) is 11.1 Å². The van der Waals surface area contributed by atoms with E-state index in [9.17, 15) is 0 Å². The Morgan fingerprint density at radius 1 is 1.04 bits per heavy atom. The van der Waals surface area contributed by atoms with Crippen LogP contribution in [0.5, 0.6) is 0 Å². The fraction of sp³-hybridized carbons (Fsp3) is 0.263. The number of nitrogen functional groups attached to an aromatic ring is 1. The Morgan fingerprint density at radius 2 is 1.91 bits per heavy atom. The average molecular weight is 326 g/mol. The van der Waals surface area contributed by atoms with Crippen molar-refractivity contribution in [1.29, 1.82) is 0 Å². The van der Waals surface area contributed by atoms with E-state index in [1.54, 1.807) is 0 Å². The minimum Gasteiger partial charge on any atom is -0.384 e. The predicted octanol–water partition coefficient (Wildman–Crippen LogP) is 4.35. The van der Waals surface area contributed by atoms with Crippen LogP contribution in [-0.2, 0) is 19.3 Å². The largest absolute Gasteiger partial charge is 0.384 e. The van der Waals surface area contributed by atoms with Gasteiger partial charge in [-0.05, 0) is 49.4 Å². The predicted molar refractivity (Wildman–Crippen MR) is 98.0 cm³/mol. The Kier molecular flexibility index (Phi) is 4.22. The highest BCUT2D eigenvalue weighted by molar-refractivity contribution is 5.94. The zero-order chi connectivity index (χ0) is 15.1. The van der Waals surface area contributed by atoms with Gasteiger partial charge in [-0.1, -0.05) is 25.1 Å². The SMILES string of the molecule is CCc1nc(N)ccc1-c1cccc2cc3c(nc12)CCC3.Cl. The highest BCUT2D eigenvalue weighted by Crippen LogP contribution is 2.33. The molecule has 0 fully saturated rings. The summed E-state index contributed by atoms with van der Waals surface area (Å²) >= 11 is 0. The summed E-state index contributed by atoms with van der Waals surface area (Å²) in [6.07, 6.45) is 4.34. The number of benzene rings is 1. The van der Waals surface area contributed by atoms with Crippen molar-refractivity contribution < 1.29 is 0 Å². The van der Waals surface area contributed by atoms with E-state index in [1.165, 1.54) is 23.1 Å². The van der Waals surface area contributed by atoms with E-state index in [0.717, 1.165) is 41.6 Å². The number of halogens is 1. The van der Waals surface area contributed by atoms with Gasteiger partial charge < -0.3 is 5.73 Å². The summed E-state index contributed by atoms with van der Waals surface area (Å²) in [5.74, 6) is 0.578. The van der Waals surface area contributed by atoms with Crippen molar-refractivity contribution in [3.05, 3.63) is 53.3 Å². The standard InChI is InChI=1S/C19H19N3.ClH/c1-2-16-14(9-10-18(20)21-16)15-7-3-6-13-11-12-5-4-8-17(12)22-19(13)15;/h3,6-7,9-11H,2,4-5,8H2,1H3,(H2,20,21);1H. The number of anilines is 1. The zero-order valence-electron chi connectivity index (χ0n) is 13.2. The maximum atomic E-state index is 5.84. The number of aryl methyl sites for hydroxylation is 3. The van der Waals surface area contributed by atoms with E-state index in [1.807, 2.05) is 6.07 Å². The first-order valence-corrected chi connectivity index (χ1v) is 7.93. The third-order valence-corrected chi connectivity index (χ3v) is 4.49. The normalized spacial score (nSPS) is 12.9. The van der Waals surface area contributed by atoms with Gasteiger partial charge in [0.15, 0.2) is 0 Å². The molecule has 0 aliphatic heterocycles. The molecule has 2 aromatic heterocycles. The van der Waals surface area contributed by atoms with Gasteiger partial charge in [-0.2, -0.15) is 0 Å². The van der Waals surface area contributed by atoms with E-state index in [0.29, 0.717) is 5.82 Å². The van der Waals surface area contributed by atoms with Gasteiger partial charge in [0.25, 0.3) is 0 Å². The molecule has 3 nitrogen and oxygen atoms in total. The molecule has 0 radical (unpaired) electrons. The maximum absolute atomic E-state index is 5.84. The molecule has 0 unspecified atom stereocenters. The average Bonchev–Trinajstić information content (AvgIpc) is 2.99. The van der Waals surface area contributed by atoms with Crippen molar-refractivity contribution in [1.82, 2.24) is 9.97 Å². The van der Waals surface area contributed by atoms with E-state index in [2.05, 4.69) is 42.2 Å². The van der Waals surface area contributed by atoms with Gasteiger partial charge in [-0.3, -0.25) is 4.98 Å². The smallest absolute Gasteiger partial charge is 0.123 e. The Balaban J connectivity index is 0.00000156. The van der Waals surface area contributed by atoms with Crippen LogP contribution in [0.25, 0.3) is 22.0 Å². The van der Waals surface area contributed by atoms with Crippen LogP contribution in [0.3, 0.4) is 0 Å². The number of rotatable bonds is 2. The molecule has 0 saturated carbocycles. The molecule has 23 heavy (non-hydrogen) atoms. The van der Waals surface area contributed by atoms with Crippen LogP contribution in [-0.4, -0.2) is 9.97 Å². The van der Waals surface area contributed by atoms with Crippen LogP contribution in [0.15, 0.2) is 36.4 Å². The van der Waals surface area contributed by atoms with Crippen molar-refractivity contribution in [2.24, 2.45) is 0 Å². The van der Waals surface area contributed by atoms with Crippen LogP contribution in [0.4, 0.5) is 5.82 Å². The Morgan fingerprint density at radius 3 is 2.74 bits per heavy atom. The highest BCUT2D eigenvalue weighted by atomic mass is 35.5. The number of para-hydroxylation sites is 1. The molecule has 4 heteroatoms. The van der Waals surface area contributed by atoms with E-state index in [-0.39, 0.29) is 12.4 Å². The summed E-state index contributed by atoms with van der Waals surface area (Å²) in [6, 6.07) is 12.7. The number of hydrogen-bond donors (Lipinski definition) is 1. The first-order chi connectivity index (χ1) is 10.8. The maximum Gasteiger partial charge on any atom is 0.123 e. The number of aromatic nitrogens is 2. The number of fused-ring (bicyclic) bond motifs is 2. The van der Waals surface area contributed by atoms with Crippen molar-refractivity contribution in [2.45, 2.75) is 32.6 Å². The van der Waals surface area contributed by atoms with Gasteiger partial charge in [0, 0.05) is 22.2 Å². The molecule has 4 rings (SSSR count). The van der Waals surface area contributed by atoms with Crippen LogP contribution < -0.4 is 5.73 Å². The molecule has 1 aliphatic carbocycles. The lowest BCUT2D eigenvalue weighted by Gasteiger charge is -2.12. The summed E-state index contributed by atoms with van der Waals surface area (Å²) in [4.78, 5) is 9.47. The van der Waals surface area contributed by atoms with Gasteiger partial charge in [0.2, 0.25) is 0 Å². The summed E-state index contributed by atoms with van der Waals surface area (Å²) < 4.78 is 0. The Bertz CT molecular complexity index is 874. The van der Waals surface area contributed by atoms with Gasteiger partial charge in [0.05, 0.1) is 11.2 Å². The van der Waals surface area contributed by atoms with Crippen molar-refractivity contribution >= 4 is 29.1 Å². The minimum absolute atomic E-state index is 0. The molecule has 3 aromatic rings. The molecule has 2 heterocycles. The summed E-state index contributed by atoms with van der Waals surface area (Å²) in [5.41, 5.74) is 13.0. The monoisotopic (exact) mass is 325 g/mol. The first kappa shape index (κ1) is 15.8. The molecule has 0 atom stereocenters. The fourth-order valence-electron chi connectivity index (χ4n) is 3.41. The Hall–Kier alpha value is -2.13. The van der Waals surface area contributed by atoms with Crippen LogP contribution in [0, 0.1) is 0 Å². The molecule has 118 valence electrons. The Labute approximate surface area is 142 Å². The molecular formula is C19H20ClN3. The molecule has 0 saturated heterocycles. The topological polar surface area (TPSA) is 51.8 Å². The molecule has 0 bridgehead atoms. The minimum atomic E-state index is 0. The highest BCUT2D eigenvalue weighted by Gasteiger charge is 2.16. The second-order valence-corrected chi connectivity index (χ2v) is 5.91. The number of nitrogens with two attached hydrogens (primary N) is 1. The number of hydrogen-bond acceptors (Lipinski definition) is 3. The molecule has 1 aliphatic rings. The summed E-state index contributed by atoms with van der Waals surface area (Å²) in [5, 5.41) is 1.22. The zero-order valence-corrected chi connectivity index (χ0v) is 14.0. The summed E-state index contributed by atoms with van der Waals surface area (Å²) in [6.45, 7) is 2.11. The van der Waals surface area contributed by atoms with E-state index in [4.69, 9.17) is 10.7 Å².